The van der Waals surface area contributed by atoms with E-state index in [0.29, 0.717) is 5.41 Å². The van der Waals surface area contributed by atoms with E-state index in [-0.39, 0.29) is 16.5 Å². The Labute approximate surface area is 171 Å². The van der Waals surface area contributed by atoms with Crippen molar-refractivity contribution in [2.24, 2.45) is 5.41 Å². The SMILES string of the molecule is [2H]C1(c2ccc(N(C(C)(C)C)C(C)(C)C)c(C(C)(C)C)c2)CCC(C)(C)CC1. The van der Waals surface area contributed by atoms with E-state index in [1.807, 2.05) is 0 Å². The normalized spacial score (nSPS) is 20.9. The fourth-order valence-corrected chi connectivity index (χ4v) is 4.80. The molecule has 0 atom stereocenters. The van der Waals surface area contributed by atoms with Crippen molar-refractivity contribution in [3.8, 4) is 0 Å². The summed E-state index contributed by atoms with van der Waals surface area (Å²) < 4.78 is 9.25. The van der Waals surface area contributed by atoms with Crippen molar-refractivity contribution in [2.75, 3.05) is 4.90 Å². The Bertz CT molecular complexity index is 671. The molecule has 0 radical (unpaired) electrons. The second-order valence-corrected chi connectivity index (χ2v) is 12.4. The lowest BCUT2D eigenvalue weighted by Crippen LogP contribution is -2.53. The molecule has 0 aromatic heterocycles. The zero-order valence-corrected chi connectivity index (χ0v) is 20.0. The van der Waals surface area contributed by atoms with Crippen molar-refractivity contribution in [1.29, 1.82) is 0 Å². The molecule has 0 heterocycles. The standard InChI is InChI=1S/C26H45N/c1-23(2,3)21-18-20(19-14-16-26(10,11)17-15-19)12-13-22(21)27(24(4,5)6)25(7,8)9/h12-13,18-19H,14-17H2,1-11H3/i19D. The molecule has 0 saturated heterocycles. The van der Waals surface area contributed by atoms with E-state index in [4.69, 9.17) is 0 Å². The van der Waals surface area contributed by atoms with E-state index in [1.54, 1.807) is 0 Å². The predicted octanol–water partition coefficient (Wildman–Crippen LogP) is 8.07. The third-order valence-corrected chi connectivity index (χ3v) is 6.00. The van der Waals surface area contributed by atoms with Gasteiger partial charge in [0.25, 0.3) is 0 Å². The lowest BCUT2D eigenvalue weighted by Gasteiger charge is -2.49. The summed E-state index contributed by atoms with van der Waals surface area (Å²) >= 11 is 0. The van der Waals surface area contributed by atoms with Crippen LogP contribution in [-0.4, -0.2) is 11.1 Å². The molecular weight excluding hydrogens is 326 g/mol. The Kier molecular flexibility index (Phi) is 5.47. The summed E-state index contributed by atoms with van der Waals surface area (Å²) in [6, 6.07) is 6.92. The molecule has 0 amide bonds. The van der Waals surface area contributed by atoms with Crippen LogP contribution in [0.25, 0.3) is 0 Å². The summed E-state index contributed by atoms with van der Waals surface area (Å²) in [5, 5.41) is 0. The first kappa shape index (κ1) is 20.7. The second-order valence-electron chi connectivity index (χ2n) is 12.4. The highest BCUT2D eigenvalue weighted by atomic mass is 15.2. The van der Waals surface area contributed by atoms with Crippen LogP contribution in [-0.2, 0) is 5.41 Å². The molecule has 1 heteroatoms. The smallest absolute Gasteiger partial charge is 0.0413 e. The van der Waals surface area contributed by atoms with Gasteiger partial charge in [-0.3, -0.25) is 0 Å². The van der Waals surface area contributed by atoms with Gasteiger partial charge in [0.1, 0.15) is 0 Å². The van der Waals surface area contributed by atoms with E-state index in [1.165, 1.54) is 16.8 Å². The van der Waals surface area contributed by atoms with Crippen LogP contribution in [0.2, 0.25) is 0 Å². The molecule has 1 aliphatic rings. The van der Waals surface area contributed by atoms with Gasteiger partial charge in [0.05, 0.1) is 0 Å². The number of nitrogens with zero attached hydrogens (tertiary/aromatic N) is 1. The van der Waals surface area contributed by atoms with Crippen LogP contribution in [0.5, 0.6) is 0 Å². The molecule has 2 rings (SSSR count). The predicted molar refractivity (Wildman–Crippen MR) is 122 cm³/mol. The minimum absolute atomic E-state index is 0.0211. The molecule has 1 aliphatic carbocycles. The number of anilines is 1. The first-order valence-corrected chi connectivity index (χ1v) is 10.8. The van der Waals surface area contributed by atoms with Gasteiger partial charge in [-0.2, -0.15) is 0 Å². The van der Waals surface area contributed by atoms with Gasteiger partial charge in [-0.15, -0.1) is 0 Å². The minimum atomic E-state index is -0.442. The van der Waals surface area contributed by atoms with E-state index in [2.05, 4.69) is 99.3 Å². The van der Waals surface area contributed by atoms with Gasteiger partial charge in [-0.05, 0) is 101 Å². The molecule has 0 spiro atoms. The van der Waals surface area contributed by atoms with Crippen LogP contribution in [0.15, 0.2) is 18.2 Å². The van der Waals surface area contributed by atoms with Crippen molar-refractivity contribution >= 4 is 5.69 Å². The zero-order valence-electron chi connectivity index (χ0n) is 21.0. The van der Waals surface area contributed by atoms with E-state index < -0.39 is 5.89 Å². The van der Waals surface area contributed by atoms with Gasteiger partial charge in [-0.25, -0.2) is 0 Å². The molecule has 1 aromatic carbocycles. The first-order valence-electron chi connectivity index (χ1n) is 11.3. The number of benzene rings is 1. The molecule has 1 saturated carbocycles. The fourth-order valence-electron chi connectivity index (χ4n) is 4.80. The average molecular weight is 373 g/mol. The van der Waals surface area contributed by atoms with Crippen molar-refractivity contribution < 1.29 is 1.37 Å². The first-order chi connectivity index (χ1) is 12.4. The van der Waals surface area contributed by atoms with Gasteiger partial charge in [0.2, 0.25) is 0 Å². The van der Waals surface area contributed by atoms with Gasteiger partial charge >= 0.3 is 0 Å². The molecule has 1 aromatic rings. The van der Waals surface area contributed by atoms with E-state index in [0.717, 1.165) is 25.7 Å². The Morgan fingerprint density at radius 3 is 1.78 bits per heavy atom. The molecule has 1 fully saturated rings. The summed E-state index contributed by atoms with van der Waals surface area (Å²) in [6.07, 6.45) is 4.20. The van der Waals surface area contributed by atoms with Crippen LogP contribution < -0.4 is 4.90 Å². The maximum absolute atomic E-state index is 9.25. The quantitative estimate of drug-likeness (QED) is 0.507. The maximum Gasteiger partial charge on any atom is 0.0413 e. The summed E-state index contributed by atoms with van der Waals surface area (Å²) in [5.74, 6) is -0.442. The highest BCUT2D eigenvalue weighted by Crippen LogP contribution is 2.45. The van der Waals surface area contributed by atoms with Crippen LogP contribution >= 0.6 is 0 Å². The van der Waals surface area contributed by atoms with Gasteiger partial charge in [0.15, 0.2) is 0 Å². The minimum Gasteiger partial charge on any atom is -0.362 e. The summed E-state index contributed by atoms with van der Waals surface area (Å²) in [6.45, 7) is 25.4. The maximum atomic E-state index is 9.25. The topological polar surface area (TPSA) is 3.24 Å². The van der Waals surface area contributed by atoms with Crippen molar-refractivity contribution in [2.45, 2.75) is 124 Å². The lowest BCUT2D eigenvalue weighted by molar-refractivity contribution is 0.224. The summed E-state index contributed by atoms with van der Waals surface area (Å²) in [5.41, 5.74) is 4.35. The Morgan fingerprint density at radius 1 is 0.889 bits per heavy atom. The molecule has 0 bridgehead atoms. The molecule has 1 nitrogen and oxygen atoms in total. The highest BCUT2D eigenvalue weighted by molar-refractivity contribution is 5.61. The van der Waals surface area contributed by atoms with Crippen molar-refractivity contribution in [3.63, 3.8) is 0 Å². The largest absolute Gasteiger partial charge is 0.362 e. The number of rotatable bonds is 2. The van der Waals surface area contributed by atoms with Crippen molar-refractivity contribution in [1.82, 2.24) is 0 Å². The Morgan fingerprint density at radius 2 is 1.37 bits per heavy atom. The fraction of sp³-hybridized carbons (Fsp3) is 0.769. The molecule has 0 aliphatic heterocycles. The molecule has 27 heavy (non-hydrogen) atoms. The molecule has 0 N–H and O–H groups in total. The summed E-state index contributed by atoms with van der Waals surface area (Å²) in [4.78, 5) is 2.56. The van der Waals surface area contributed by atoms with Crippen LogP contribution in [0.4, 0.5) is 5.69 Å². The van der Waals surface area contributed by atoms with E-state index in [9.17, 15) is 1.37 Å². The molecule has 0 unspecified atom stereocenters. The Balaban J connectivity index is 2.59. The van der Waals surface area contributed by atoms with Crippen LogP contribution in [0.3, 0.4) is 0 Å². The number of hydrogen-bond donors (Lipinski definition) is 0. The highest BCUT2D eigenvalue weighted by Gasteiger charge is 2.35. The van der Waals surface area contributed by atoms with Gasteiger partial charge in [0, 0.05) is 18.1 Å². The van der Waals surface area contributed by atoms with Crippen LogP contribution in [0, 0.1) is 5.41 Å². The van der Waals surface area contributed by atoms with E-state index >= 15 is 0 Å². The molecular formula is C26H45N. The summed E-state index contributed by atoms with van der Waals surface area (Å²) in [7, 11) is 0. The van der Waals surface area contributed by atoms with Crippen LogP contribution in [0.1, 0.15) is 120 Å². The lowest BCUT2D eigenvalue weighted by atomic mass is 9.70. The zero-order chi connectivity index (χ0) is 21.8. The van der Waals surface area contributed by atoms with Crippen molar-refractivity contribution in [3.05, 3.63) is 29.3 Å². The Hall–Kier alpha value is -0.980. The van der Waals surface area contributed by atoms with Gasteiger partial charge in [-0.1, -0.05) is 46.8 Å². The monoisotopic (exact) mass is 372 g/mol. The molecule has 154 valence electrons. The third kappa shape index (κ3) is 5.30. The second kappa shape index (κ2) is 7.12. The number of hydrogen-bond acceptors (Lipinski definition) is 1. The van der Waals surface area contributed by atoms with Gasteiger partial charge < -0.3 is 4.90 Å². The average Bonchev–Trinajstić information content (AvgIpc) is 2.47. The third-order valence-electron chi connectivity index (χ3n) is 6.00.